The average molecular weight is 334 g/mol. The fourth-order valence-corrected chi connectivity index (χ4v) is 3.05. The molecule has 0 aliphatic carbocycles. The number of benzene rings is 1. The molecule has 1 heterocycles. The zero-order valence-electron chi connectivity index (χ0n) is 13.6. The third-order valence-electron chi connectivity index (χ3n) is 3.58. The van der Waals surface area contributed by atoms with Gasteiger partial charge in [0.1, 0.15) is 12.4 Å². The van der Waals surface area contributed by atoms with Crippen LogP contribution in [0.1, 0.15) is 19.4 Å². The van der Waals surface area contributed by atoms with Gasteiger partial charge in [-0.3, -0.25) is 9.59 Å². The highest BCUT2D eigenvalue weighted by Crippen LogP contribution is 2.27. The Hall–Kier alpha value is -1.95. The van der Waals surface area contributed by atoms with Crippen LogP contribution < -0.4 is 15.4 Å². The zero-order chi connectivity index (χ0) is 16.9. The quantitative estimate of drug-likeness (QED) is 0.780. The molecule has 1 unspecified atom stereocenters. The third-order valence-corrected chi connectivity index (χ3v) is 4.71. The number of hydrogen-bond donors (Lipinski definition) is 2. The lowest BCUT2D eigenvalue weighted by Gasteiger charge is -2.35. The molecule has 0 spiro atoms. The van der Waals surface area contributed by atoms with Gasteiger partial charge in [0, 0.05) is 6.42 Å². The average Bonchev–Trinajstić information content (AvgIpc) is 2.52. The van der Waals surface area contributed by atoms with Gasteiger partial charge in [-0.2, -0.15) is 0 Å². The lowest BCUT2D eigenvalue weighted by Crippen LogP contribution is -2.64. The first kappa shape index (κ1) is 17.4. The molecule has 124 valence electrons. The summed E-state index contributed by atoms with van der Waals surface area (Å²) in [4.78, 5) is 22.9. The molecule has 0 saturated carbocycles. The first-order chi connectivity index (χ1) is 10.9. The standard InChI is InChI=1S/C17H22N2O3S/c1-12(2)8-9-22-14-6-4-13(5-7-14)10-17(23-3)16(21)18-11-15(20)19-17/h4-8H,9-11H2,1-3H3,(H,18,21)(H,19,20). The number of carbonyl (C=O) groups is 2. The van der Waals surface area contributed by atoms with E-state index in [2.05, 4.69) is 10.6 Å². The van der Waals surface area contributed by atoms with Crippen LogP contribution in [0.2, 0.25) is 0 Å². The Morgan fingerprint density at radius 3 is 2.61 bits per heavy atom. The van der Waals surface area contributed by atoms with Crippen LogP contribution in [-0.4, -0.2) is 36.1 Å². The van der Waals surface area contributed by atoms with Crippen molar-refractivity contribution in [2.24, 2.45) is 0 Å². The Bertz CT molecular complexity index is 609. The first-order valence-corrected chi connectivity index (χ1v) is 8.67. The fraction of sp³-hybridized carbons (Fsp3) is 0.412. The van der Waals surface area contributed by atoms with Gasteiger partial charge in [-0.25, -0.2) is 0 Å². The molecule has 2 rings (SSSR count). The molecule has 2 N–H and O–H groups in total. The number of piperazine rings is 1. The van der Waals surface area contributed by atoms with Crippen molar-refractivity contribution in [3.8, 4) is 5.75 Å². The SMILES string of the molecule is CSC1(Cc2ccc(OCC=C(C)C)cc2)NC(=O)CNC1=O. The van der Waals surface area contributed by atoms with Gasteiger partial charge in [-0.05, 0) is 43.9 Å². The van der Waals surface area contributed by atoms with Gasteiger partial charge in [0.2, 0.25) is 5.91 Å². The molecule has 23 heavy (non-hydrogen) atoms. The molecule has 0 bridgehead atoms. The topological polar surface area (TPSA) is 67.4 Å². The summed E-state index contributed by atoms with van der Waals surface area (Å²) < 4.78 is 5.62. The van der Waals surface area contributed by atoms with Gasteiger partial charge >= 0.3 is 0 Å². The molecule has 1 aliphatic rings. The van der Waals surface area contributed by atoms with Crippen LogP contribution in [0, 0.1) is 0 Å². The van der Waals surface area contributed by atoms with Gasteiger partial charge in [-0.15, -0.1) is 11.8 Å². The third kappa shape index (κ3) is 4.51. The Morgan fingerprint density at radius 1 is 1.30 bits per heavy atom. The number of hydrogen-bond acceptors (Lipinski definition) is 4. The van der Waals surface area contributed by atoms with E-state index in [9.17, 15) is 9.59 Å². The van der Waals surface area contributed by atoms with E-state index in [1.54, 1.807) is 0 Å². The molecule has 2 amide bonds. The van der Waals surface area contributed by atoms with Gasteiger partial charge in [0.25, 0.3) is 5.91 Å². The number of thioether (sulfide) groups is 1. The second-order valence-corrected chi connectivity index (χ2v) is 6.78. The van der Waals surface area contributed by atoms with Crippen LogP contribution in [0.3, 0.4) is 0 Å². The Morgan fingerprint density at radius 2 is 2.00 bits per heavy atom. The predicted molar refractivity (Wildman–Crippen MR) is 92.5 cm³/mol. The lowest BCUT2D eigenvalue weighted by atomic mass is 10.0. The minimum atomic E-state index is -0.945. The number of rotatable bonds is 6. The van der Waals surface area contributed by atoms with E-state index < -0.39 is 4.87 Å². The number of carbonyl (C=O) groups excluding carboxylic acids is 2. The zero-order valence-corrected chi connectivity index (χ0v) is 14.5. The molecular weight excluding hydrogens is 312 g/mol. The van der Waals surface area contributed by atoms with E-state index in [-0.39, 0.29) is 18.4 Å². The van der Waals surface area contributed by atoms with Gasteiger partial charge < -0.3 is 15.4 Å². The lowest BCUT2D eigenvalue weighted by molar-refractivity contribution is -0.134. The van der Waals surface area contributed by atoms with Crippen molar-refractivity contribution in [2.45, 2.75) is 25.1 Å². The fourth-order valence-electron chi connectivity index (χ4n) is 2.27. The van der Waals surface area contributed by atoms with Crippen LogP contribution in [0.15, 0.2) is 35.9 Å². The molecule has 1 aromatic carbocycles. The Labute approximate surface area is 140 Å². The van der Waals surface area contributed by atoms with Crippen molar-refractivity contribution in [2.75, 3.05) is 19.4 Å². The van der Waals surface area contributed by atoms with Crippen LogP contribution in [0.25, 0.3) is 0 Å². The summed E-state index contributed by atoms with van der Waals surface area (Å²) in [7, 11) is 0. The molecule has 6 heteroatoms. The Kier molecular flexibility index (Phi) is 5.71. The maximum absolute atomic E-state index is 12.2. The van der Waals surface area contributed by atoms with E-state index in [0.29, 0.717) is 13.0 Å². The highest BCUT2D eigenvalue weighted by molar-refractivity contribution is 8.00. The summed E-state index contributed by atoms with van der Waals surface area (Å²) in [6, 6.07) is 7.60. The van der Waals surface area contributed by atoms with Crippen molar-refractivity contribution in [1.29, 1.82) is 0 Å². The van der Waals surface area contributed by atoms with Crippen molar-refractivity contribution in [1.82, 2.24) is 10.6 Å². The maximum atomic E-state index is 12.2. The van der Waals surface area contributed by atoms with Crippen LogP contribution in [0.5, 0.6) is 5.75 Å². The highest BCUT2D eigenvalue weighted by atomic mass is 32.2. The Balaban J connectivity index is 2.05. The molecule has 1 saturated heterocycles. The van der Waals surface area contributed by atoms with Gasteiger partial charge in [0.05, 0.1) is 6.54 Å². The molecule has 1 aromatic rings. The summed E-state index contributed by atoms with van der Waals surface area (Å²) in [6.07, 6.45) is 4.26. The largest absolute Gasteiger partial charge is 0.490 e. The maximum Gasteiger partial charge on any atom is 0.257 e. The number of nitrogens with one attached hydrogen (secondary N) is 2. The number of amides is 2. The van der Waals surface area contributed by atoms with Crippen molar-refractivity contribution < 1.29 is 14.3 Å². The minimum absolute atomic E-state index is 0.0400. The van der Waals surface area contributed by atoms with Crippen LogP contribution >= 0.6 is 11.8 Å². The highest BCUT2D eigenvalue weighted by Gasteiger charge is 2.42. The molecule has 0 aromatic heterocycles. The molecular formula is C17H22N2O3S. The van der Waals surface area contributed by atoms with Crippen molar-refractivity contribution in [3.05, 3.63) is 41.5 Å². The summed E-state index contributed by atoms with van der Waals surface area (Å²) in [5, 5.41) is 5.45. The van der Waals surface area contributed by atoms with Crippen molar-refractivity contribution in [3.63, 3.8) is 0 Å². The monoisotopic (exact) mass is 334 g/mol. The number of ether oxygens (including phenoxy) is 1. The second-order valence-electron chi connectivity index (χ2n) is 5.68. The van der Waals surface area contributed by atoms with Crippen LogP contribution in [0.4, 0.5) is 0 Å². The molecule has 1 fully saturated rings. The van der Waals surface area contributed by atoms with Gasteiger partial charge in [0.15, 0.2) is 4.87 Å². The molecule has 1 atom stereocenters. The second kappa shape index (κ2) is 7.55. The van der Waals surface area contributed by atoms with Crippen molar-refractivity contribution >= 4 is 23.6 Å². The van der Waals surface area contributed by atoms with E-state index in [4.69, 9.17) is 4.74 Å². The minimum Gasteiger partial charge on any atom is -0.490 e. The smallest absolute Gasteiger partial charge is 0.257 e. The van der Waals surface area contributed by atoms with E-state index >= 15 is 0 Å². The predicted octanol–water partition coefficient (Wildman–Crippen LogP) is 1.88. The van der Waals surface area contributed by atoms with E-state index in [1.807, 2.05) is 50.4 Å². The van der Waals surface area contributed by atoms with Crippen LogP contribution in [-0.2, 0) is 16.0 Å². The summed E-state index contributed by atoms with van der Waals surface area (Å²) in [5.74, 6) is 0.454. The number of allylic oxidation sites excluding steroid dienone is 1. The molecule has 1 aliphatic heterocycles. The first-order valence-electron chi connectivity index (χ1n) is 7.45. The summed E-state index contributed by atoms with van der Waals surface area (Å²) in [6.45, 7) is 4.63. The summed E-state index contributed by atoms with van der Waals surface area (Å²) >= 11 is 1.34. The van der Waals surface area contributed by atoms with Gasteiger partial charge in [-0.1, -0.05) is 17.7 Å². The summed E-state index contributed by atoms with van der Waals surface area (Å²) in [5.41, 5.74) is 2.17. The molecule has 5 nitrogen and oxygen atoms in total. The molecule has 0 radical (unpaired) electrons. The normalized spacial score (nSPS) is 20.5. The van der Waals surface area contributed by atoms with E-state index in [0.717, 1.165) is 11.3 Å². The van der Waals surface area contributed by atoms with E-state index in [1.165, 1.54) is 17.3 Å².